The zero-order valence-corrected chi connectivity index (χ0v) is 15.0. The second-order valence-electron chi connectivity index (χ2n) is 7.39. The monoisotopic (exact) mass is 355 g/mol. The van der Waals surface area contributed by atoms with Crippen molar-refractivity contribution in [1.29, 1.82) is 0 Å². The first kappa shape index (κ1) is 17.2. The van der Waals surface area contributed by atoms with Gasteiger partial charge in [0, 0.05) is 56.7 Å². The zero-order valence-electron chi connectivity index (χ0n) is 15.0. The molecule has 3 heterocycles. The van der Waals surface area contributed by atoms with Gasteiger partial charge in [-0.15, -0.1) is 0 Å². The maximum absolute atomic E-state index is 11.6. The number of H-pyrrole nitrogens is 1. The molecular weight excluding hydrogens is 330 g/mol. The van der Waals surface area contributed by atoms with E-state index >= 15 is 0 Å². The molecule has 3 N–H and O–H groups in total. The number of aromatic nitrogens is 3. The van der Waals surface area contributed by atoms with E-state index in [0.717, 1.165) is 43.7 Å². The van der Waals surface area contributed by atoms with Gasteiger partial charge in [-0.25, -0.2) is 4.98 Å². The van der Waals surface area contributed by atoms with Gasteiger partial charge in [-0.05, 0) is 30.5 Å². The van der Waals surface area contributed by atoms with Crippen LogP contribution in [-0.2, 0) is 16.9 Å². The fraction of sp³-hybridized carbons (Fsp3) is 0.526. The number of carbonyl (C=O) groups is 1. The average Bonchev–Trinajstić information content (AvgIpc) is 3.14. The summed E-state index contributed by atoms with van der Waals surface area (Å²) in [5.74, 6) is 0.233. The number of ether oxygens (including phenoxy) is 1. The molecule has 3 atom stereocenters. The number of pyridine rings is 1. The summed E-state index contributed by atoms with van der Waals surface area (Å²) in [4.78, 5) is 25.5. The minimum Gasteiger partial charge on any atom is -0.373 e. The van der Waals surface area contributed by atoms with E-state index in [-0.39, 0.29) is 5.60 Å². The van der Waals surface area contributed by atoms with Gasteiger partial charge in [-0.2, -0.15) is 0 Å². The van der Waals surface area contributed by atoms with Gasteiger partial charge < -0.3 is 15.5 Å². The topological polar surface area (TPSA) is 97.1 Å². The number of likely N-dealkylation sites (tertiary alicyclic amines) is 1. The van der Waals surface area contributed by atoms with E-state index in [4.69, 9.17) is 10.5 Å². The standard InChI is InChI=1S/C19H25N5O2/c1-26-19(13-5-6-22-17(7-13)18(20)25)14-3-2-4-15(19)10-24(9-14)11-16-8-21-12-23-16/h5-8,12,14-15H,2-4,9-11H2,1H3,(H2,20,25)(H,21,23)/t14-,15+,19-. The summed E-state index contributed by atoms with van der Waals surface area (Å²) < 4.78 is 6.22. The predicted octanol–water partition coefficient (Wildman–Crippen LogP) is 1.68. The first-order valence-corrected chi connectivity index (χ1v) is 9.14. The molecule has 0 unspecified atom stereocenters. The molecule has 2 aromatic rings. The number of piperidine rings is 1. The molecule has 1 amide bonds. The number of rotatable bonds is 5. The summed E-state index contributed by atoms with van der Waals surface area (Å²) in [7, 11) is 1.79. The molecule has 2 aromatic heterocycles. The summed E-state index contributed by atoms with van der Waals surface area (Å²) in [6.07, 6.45) is 8.71. The fourth-order valence-corrected chi connectivity index (χ4v) is 5.00. The Morgan fingerprint density at radius 3 is 2.81 bits per heavy atom. The van der Waals surface area contributed by atoms with Crippen LogP contribution in [0.25, 0.3) is 0 Å². The van der Waals surface area contributed by atoms with Gasteiger partial charge in [0.25, 0.3) is 5.91 Å². The molecule has 2 fully saturated rings. The highest BCUT2D eigenvalue weighted by Gasteiger charge is 2.53. The third-order valence-electron chi connectivity index (χ3n) is 6.03. The van der Waals surface area contributed by atoms with E-state index in [1.165, 1.54) is 6.42 Å². The molecule has 1 aliphatic carbocycles. The van der Waals surface area contributed by atoms with Crippen molar-refractivity contribution < 1.29 is 9.53 Å². The van der Waals surface area contributed by atoms with Crippen LogP contribution in [0.1, 0.15) is 41.0 Å². The van der Waals surface area contributed by atoms with E-state index < -0.39 is 5.91 Å². The van der Waals surface area contributed by atoms with Crippen LogP contribution in [0.15, 0.2) is 30.9 Å². The van der Waals surface area contributed by atoms with Gasteiger partial charge in [-0.1, -0.05) is 6.42 Å². The fourth-order valence-electron chi connectivity index (χ4n) is 5.00. The Bertz CT molecular complexity index is 762. The van der Waals surface area contributed by atoms with Crippen LogP contribution >= 0.6 is 0 Å². The number of imidazole rings is 1. The van der Waals surface area contributed by atoms with Crippen LogP contribution in [0.3, 0.4) is 0 Å². The van der Waals surface area contributed by atoms with Crippen LogP contribution in [0.5, 0.6) is 0 Å². The smallest absolute Gasteiger partial charge is 0.267 e. The third kappa shape index (κ3) is 2.81. The van der Waals surface area contributed by atoms with E-state index in [0.29, 0.717) is 17.5 Å². The van der Waals surface area contributed by atoms with E-state index in [2.05, 4.69) is 19.9 Å². The van der Waals surface area contributed by atoms with Gasteiger partial charge in [0.2, 0.25) is 0 Å². The van der Waals surface area contributed by atoms with Crippen molar-refractivity contribution in [3.05, 3.63) is 47.8 Å². The number of nitrogens with zero attached hydrogens (tertiary/aromatic N) is 3. The molecular formula is C19H25N5O2. The van der Waals surface area contributed by atoms with Crippen LogP contribution in [-0.4, -0.2) is 46.0 Å². The van der Waals surface area contributed by atoms with Gasteiger partial charge >= 0.3 is 0 Å². The number of carbonyl (C=O) groups excluding carboxylic acids is 1. The first-order valence-electron chi connectivity index (χ1n) is 9.14. The Morgan fingerprint density at radius 1 is 1.42 bits per heavy atom. The van der Waals surface area contributed by atoms with Crippen LogP contribution in [0, 0.1) is 11.8 Å². The second-order valence-corrected chi connectivity index (χ2v) is 7.39. The molecule has 1 saturated carbocycles. The molecule has 1 aliphatic heterocycles. The molecule has 1 saturated heterocycles. The minimum absolute atomic E-state index is 0.303. The molecule has 26 heavy (non-hydrogen) atoms. The van der Waals surface area contributed by atoms with Gasteiger partial charge in [0.05, 0.1) is 6.33 Å². The SMILES string of the molecule is CO[C@]1(c2ccnc(C(N)=O)c2)[C@@H]2CCC[C@H]1CN(Cc1cnc[nH]1)C2. The maximum atomic E-state index is 11.6. The molecule has 0 radical (unpaired) electrons. The lowest BCUT2D eigenvalue weighted by molar-refractivity contribution is -0.170. The molecule has 4 rings (SSSR count). The summed E-state index contributed by atoms with van der Waals surface area (Å²) in [5.41, 5.74) is 7.53. The van der Waals surface area contributed by atoms with Crippen molar-refractivity contribution in [3.63, 3.8) is 0 Å². The summed E-state index contributed by atoms with van der Waals surface area (Å²) in [5, 5.41) is 0. The number of fused-ring (bicyclic) bond motifs is 2. The molecule has 0 spiro atoms. The largest absolute Gasteiger partial charge is 0.373 e. The second kappa shape index (κ2) is 6.81. The molecule has 0 aromatic carbocycles. The van der Waals surface area contributed by atoms with Gasteiger partial charge in [0.1, 0.15) is 11.3 Å². The normalized spacial score (nSPS) is 28.8. The number of hydrogen-bond acceptors (Lipinski definition) is 5. The lowest BCUT2D eigenvalue weighted by Gasteiger charge is -2.55. The summed E-state index contributed by atoms with van der Waals surface area (Å²) in [6.45, 7) is 2.78. The molecule has 7 nitrogen and oxygen atoms in total. The van der Waals surface area contributed by atoms with Crippen molar-refractivity contribution in [2.45, 2.75) is 31.4 Å². The summed E-state index contributed by atoms with van der Waals surface area (Å²) in [6, 6.07) is 3.80. The summed E-state index contributed by atoms with van der Waals surface area (Å²) >= 11 is 0. The Hall–Kier alpha value is -2.25. The third-order valence-corrected chi connectivity index (χ3v) is 6.03. The number of primary amides is 1. The van der Waals surface area contributed by atoms with E-state index in [1.54, 1.807) is 19.6 Å². The highest BCUT2D eigenvalue weighted by molar-refractivity contribution is 5.90. The zero-order chi connectivity index (χ0) is 18.1. The molecule has 2 bridgehead atoms. The van der Waals surface area contributed by atoms with Crippen molar-refractivity contribution in [2.24, 2.45) is 17.6 Å². The van der Waals surface area contributed by atoms with Crippen molar-refractivity contribution in [2.75, 3.05) is 20.2 Å². The minimum atomic E-state index is -0.500. The number of amides is 1. The Labute approximate surface area is 153 Å². The van der Waals surface area contributed by atoms with Gasteiger partial charge in [-0.3, -0.25) is 14.7 Å². The quantitative estimate of drug-likeness (QED) is 0.850. The van der Waals surface area contributed by atoms with E-state index in [1.807, 2.05) is 18.3 Å². The number of nitrogens with two attached hydrogens (primary N) is 1. The number of nitrogens with one attached hydrogen (secondary N) is 1. The van der Waals surface area contributed by atoms with Crippen molar-refractivity contribution in [3.8, 4) is 0 Å². The molecule has 7 heteroatoms. The Balaban J connectivity index is 1.66. The van der Waals surface area contributed by atoms with Crippen LogP contribution < -0.4 is 5.73 Å². The molecule has 138 valence electrons. The van der Waals surface area contributed by atoms with Crippen molar-refractivity contribution >= 4 is 5.91 Å². The Kier molecular flexibility index (Phi) is 4.50. The lowest BCUT2D eigenvalue weighted by Crippen LogP contribution is -2.58. The van der Waals surface area contributed by atoms with Gasteiger partial charge in [0.15, 0.2) is 0 Å². The highest BCUT2D eigenvalue weighted by Crippen LogP contribution is 2.51. The number of hydrogen-bond donors (Lipinski definition) is 2. The Morgan fingerprint density at radius 2 is 2.19 bits per heavy atom. The van der Waals surface area contributed by atoms with E-state index in [9.17, 15) is 4.79 Å². The maximum Gasteiger partial charge on any atom is 0.267 e. The average molecular weight is 355 g/mol. The lowest BCUT2D eigenvalue weighted by atomic mass is 9.62. The molecule has 2 aliphatic rings. The number of aromatic amines is 1. The first-order chi connectivity index (χ1) is 12.6. The van der Waals surface area contributed by atoms with Crippen LogP contribution in [0.4, 0.5) is 0 Å². The highest BCUT2D eigenvalue weighted by atomic mass is 16.5. The van der Waals surface area contributed by atoms with Crippen LogP contribution in [0.2, 0.25) is 0 Å². The van der Waals surface area contributed by atoms with Crippen molar-refractivity contribution in [1.82, 2.24) is 19.9 Å². The number of methoxy groups -OCH3 is 1. The predicted molar refractivity (Wildman–Crippen MR) is 96.1 cm³/mol.